The van der Waals surface area contributed by atoms with Gasteiger partial charge in [-0.15, -0.1) is 11.3 Å². The summed E-state index contributed by atoms with van der Waals surface area (Å²) in [5, 5.41) is 11.6. The van der Waals surface area contributed by atoms with Crippen LogP contribution in [0.4, 0.5) is 11.4 Å². The molecule has 3 N–H and O–H groups in total. The number of carbonyl (C=O) groups excluding carboxylic acids is 1. The number of carbonyl (C=O) groups is 1. The third-order valence-corrected chi connectivity index (χ3v) is 5.33. The zero-order valence-corrected chi connectivity index (χ0v) is 19.1. The Balaban J connectivity index is 1.79. The molecule has 31 heavy (non-hydrogen) atoms. The molecule has 0 radical (unpaired) electrons. The number of nitrogens with one attached hydrogen (secondary N) is 3. The molecule has 0 spiro atoms. The van der Waals surface area contributed by atoms with E-state index >= 15 is 0 Å². The van der Waals surface area contributed by atoms with Crippen molar-refractivity contribution in [3.05, 3.63) is 70.4 Å². The first-order valence-corrected chi connectivity index (χ1v) is 11.3. The molecule has 2 aromatic carbocycles. The summed E-state index contributed by atoms with van der Waals surface area (Å²) in [6.07, 6.45) is 0. The minimum atomic E-state index is -0.195. The van der Waals surface area contributed by atoms with Gasteiger partial charge in [-0.25, -0.2) is 0 Å². The van der Waals surface area contributed by atoms with Gasteiger partial charge in [0.15, 0.2) is 5.11 Å². The monoisotopic (exact) mass is 455 g/mol. The highest BCUT2D eigenvalue weighted by Gasteiger charge is 2.16. The lowest BCUT2D eigenvalue weighted by Gasteiger charge is -2.19. The molecule has 162 valence electrons. The van der Waals surface area contributed by atoms with E-state index in [-0.39, 0.29) is 5.91 Å². The first kappa shape index (κ1) is 22.6. The second-order valence-electron chi connectivity index (χ2n) is 6.44. The van der Waals surface area contributed by atoms with Crippen LogP contribution < -0.4 is 25.4 Å². The molecule has 0 aliphatic rings. The van der Waals surface area contributed by atoms with Gasteiger partial charge in [0, 0.05) is 18.7 Å². The minimum Gasteiger partial charge on any atom is -0.492 e. The van der Waals surface area contributed by atoms with Crippen LogP contribution in [-0.2, 0) is 6.54 Å². The lowest BCUT2D eigenvalue weighted by Crippen LogP contribution is -2.28. The van der Waals surface area contributed by atoms with Crippen molar-refractivity contribution in [1.29, 1.82) is 0 Å². The molecule has 0 saturated heterocycles. The Labute approximate surface area is 191 Å². The Morgan fingerprint density at radius 3 is 2.16 bits per heavy atom. The number of hydrogen-bond donors (Lipinski definition) is 3. The maximum Gasteiger partial charge on any atom is 0.265 e. The van der Waals surface area contributed by atoms with E-state index in [9.17, 15) is 4.79 Å². The van der Waals surface area contributed by atoms with Crippen molar-refractivity contribution in [2.45, 2.75) is 20.4 Å². The summed E-state index contributed by atoms with van der Waals surface area (Å²) >= 11 is 6.83. The molecule has 0 aliphatic heterocycles. The Hall–Kier alpha value is -3.10. The molecule has 0 saturated carbocycles. The van der Waals surface area contributed by atoms with Crippen LogP contribution in [0.1, 0.15) is 29.1 Å². The summed E-state index contributed by atoms with van der Waals surface area (Å²) in [7, 11) is 0. The maximum atomic E-state index is 12.5. The quantitative estimate of drug-likeness (QED) is 0.381. The van der Waals surface area contributed by atoms with E-state index in [1.807, 2.05) is 55.6 Å². The summed E-state index contributed by atoms with van der Waals surface area (Å²) in [6, 6.07) is 17.1. The molecule has 3 rings (SSSR count). The van der Waals surface area contributed by atoms with Crippen LogP contribution in [0.2, 0.25) is 0 Å². The average Bonchev–Trinajstić information content (AvgIpc) is 3.31. The van der Waals surface area contributed by atoms with Crippen LogP contribution >= 0.6 is 23.6 Å². The number of thiophene rings is 1. The normalized spacial score (nSPS) is 10.3. The molecule has 1 aromatic heterocycles. The zero-order valence-electron chi connectivity index (χ0n) is 17.4. The molecular weight excluding hydrogens is 430 g/mol. The lowest BCUT2D eigenvalue weighted by atomic mass is 10.2. The number of anilines is 2. The van der Waals surface area contributed by atoms with Crippen molar-refractivity contribution in [3.63, 3.8) is 0 Å². The highest BCUT2D eigenvalue weighted by atomic mass is 32.1. The Bertz CT molecular complexity index is 1010. The van der Waals surface area contributed by atoms with Crippen LogP contribution in [-0.4, -0.2) is 24.2 Å². The van der Waals surface area contributed by atoms with Crippen LogP contribution in [0, 0.1) is 0 Å². The summed E-state index contributed by atoms with van der Waals surface area (Å²) < 4.78 is 11.6. The van der Waals surface area contributed by atoms with Gasteiger partial charge in [-0.05, 0) is 43.1 Å². The van der Waals surface area contributed by atoms with Gasteiger partial charge in [-0.3, -0.25) is 4.79 Å². The smallest absolute Gasteiger partial charge is 0.265 e. The van der Waals surface area contributed by atoms with Gasteiger partial charge >= 0.3 is 0 Å². The fraction of sp³-hybridized carbons (Fsp3) is 0.217. The van der Waals surface area contributed by atoms with Gasteiger partial charge in [0.25, 0.3) is 5.91 Å². The number of rotatable bonds is 9. The molecule has 3 aromatic rings. The molecule has 0 atom stereocenters. The summed E-state index contributed by atoms with van der Waals surface area (Å²) in [5.41, 5.74) is 2.32. The average molecular weight is 456 g/mol. The predicted molar refractivity (Wildman–Crippen MR) is 131 cm³/mol. The molecule has 1 amide bonds. The Morgan fingerprint density at radius 2 is 1.58 bits per heavy atom. The Morgan fingerprint density at radius 1 is 0.935 bits per heavy atom. The van der Waals surface area contributed by atoms with Gasteiger partial charge in [-0.2, -0.15) is 0 Å². The predicted octanol–water partition coefficient (Wildman–Crippen LogP) is 5.28. The molecule has 6 nitrogen and oxygen atoms in total. The van der Waals surface area contributed by atoms with Crippen LogP contribution in [0.3, 0.4) is 0 Å². The van der Waals surface area contributed by atoms with E-state index in [0.29, 0.717) is 52.6 Å². The third-order valence-electron chi connectivity index (χ3n) is 4.22. The van der Waals surface area contributed by atoms with E-state index in [4.69, 9.17) is 21.7 Å². The van der Waals surface area contributed by atoms with E-state index < -0.39 is 0 Å². The van der Waals surface area contributed by atoms with Crippen molar-refractivity contribution in [2.75, 3.05) is 23.8 Å². The zero-order chi connectivity index (χ0) is 22.1. The number of benzene rings is 2. The molecule has 0 bridgehead atoms. The van der Waals surface area contributed by atoms with Crippen molar-refractivity contribution in [3.8, 4) is 11.5 Å². The molecule has 0 aliphatic carbocycles. The second kappa shape index (κ2) is 11.3. The summed E-state index contributed by atoms with van der Waals surface area (Å²) in [5.74, 6) is 0.902. The minimum absolute atomic E-state index is 0.195. The fourth-order valence-corrected chi connectivity index (χ4v) is 3.64. The molecular formula is C23H25N3O3S2. The van der Waals surface area contributed by atoms with Crippen molar-refractivity contribution < 1.29 is 14.3 Å². The van der Waals surface area contributed by atoms with Gasteiger partial charge in [-0.1, -0.05) is 36.4 Å². The first-order valence-electron chi connectivity index (χ1n) is 9.98. The number of amides is 1. The molecule has 8 heteroatoms. The largest absolute Gasteiger partial charge is 0.492 e. The fourth-order valence-electron chi connectivity index (χ4n) is 2.84. The first-order chi connectivity index (χ1) is 15.1. The summed E-state index contributed by atoms with van der Waals surface area (Å²) in [6.45, 7) is 5.30. The molecule has 0 fully saturated rings. The van der Waals surface area contributed by atoms with Gasteiger partial charge in [0.05, 0.1) is 29.5 Å². The standard InChI is InChI=1S/C23H25N3O3S2/c1-3-28-19-14-18(26-23(30)24-15-16-9-6-5-7-10-16)20(29-4-2)13-17(19)25-22(27)21-11-8-12-31-21/h5-14H,3-4,15H2,1-2H3,(H,25,27)(H2,24,26,30). The highest BCUT2D eigenvalue weighted by molar-refractivity contribution is 7.80. The second-order valence-corrected chi connectivity index (χ2v) is 7.79. The van der Waals surface area contributed by atoms with Crippen molar-refractivity contribution >= 4 is 45.9 Å². The van der Waals surface area contributed by atoms with Gasteiger partial charge in [0.2, 0.25) is 0 Å². The van der Waals surface area contributed by atoms with E-state index in [2.05, 4.69) is 16.0 Å². The van der Waals surface area contributed by atoms with Crippen LogP contribution in [0.25, 0.3) is 0 Å². The third kappa shape index (κ3) is 6.44. The number of hydrogen-bond acceptors (Lipinski definition) is 5. The van der Waals surface area contributed by atoms with Crippen molar-refractivity contribution in [1.82, 2.24) is 5.32 Å². The number of ether oxygens (including phenoxy) is 2. The SMILES string of the molecule is CCOc1cc(NC(=S)NCc2ccccc2)c(OCC)cc1NC(=O)c1cccs1. The van der Waals surface area contributed by atoms with Crippen LogP contribution in [0.15, 0.2) is 60.0 Å². The van der Waals surface area contributed by atoms with Gasteiger partial charge in [0.1, 0.15) is 11.5 Å². The molecule has 0 unspecified atom stereocenters. The van der Waals surface area contributed by atoms with Gasteiger partial charge < -0.3 is 25.4 Å². The topological polar surface area (TPSA) is 71.6 Å². The van der Waals surface area contributed by atoms with E-state index in [1.165, 1.54) is 11.3 Å². The molecule has 1 heterocycles. The maximum absolute atomic E-state index is 12.5. The Kier molecular flexibility index (Phi) is 8.26. The van der Waals surface area contributed by atoms with E-state index in [1.54, 1.807) is 18.2 Å². The van der Waals surface area contributed by atoms with E-state index in [0.717, 1.165) is 5.56 Å². The summed E-state index contributed by atoms with van der Waals surface area (Å²) in [4.78, 5) is 13.2. The van der Waals surface area contributed by atoms with Crippen LogP contribution in [0.5, 0.6) is 11.5 Å². The highest BCUT2D eigenvalue weighted by Crippen LogP contribution is 2.37. The number of thiocarbonyl (C=S) groups is 1. The lowest BCUT2D eigenvalue weighted by molar-refractivity contribution is 0.103. The van der Waals surface area contributed by atoms with Crippen molar-refractivity contribution in [2.24, 2.45) is 0 Å².